The normalized spacial score (nSPS) is 26.6. The van der Waals surface area contributed by atoms with Crippen LogP contribution in [0.5, 0.6) is 0 Å². The third kappa shape index (κ3) is 5.13. The molecule has 1 aromatic heterocycles. The molecule has 2 N–H and O–H groups in total. The highest BCUT2D eigenvalue weighted by molar-refractivity contribution is 5.80. The monoisotopic (exact) mass is 386 g/mol. The van der Waals surface area contributed by atoms with Crippen LogP contribution in [0.1, 0.15) is 50.7 Å². The Morgan fingerprint density at radius 3 is 2.81 bits per heavy atom. The van der Waals surface area contributed by atoms with Gasteiger partial charge in [-0.1, -0.05) is 6.42 Å². The van der Waals surface area contributed by atoms with Gasteiger partial charge in [0.2, 0.25) is 0 Å². The van der Waals surface area contributed by atoms with Gasteiger partial charge in [-0.2, -0.15) is 13.2 Å². The number of hydrogen-bond donors (Lipinski definition) is 2. The van der Waals surface area contributed by atoms with E-state index in [-0.39, 0.29) is 18.9 Å². The second-order valence-electron chi connectivity index (χ2n) is 7.64. The first kappa shape index (κ1) is 19.9. The minimum absolute atomic E-state index is 0.126. The maximum Gasteiger partial charge on any atom is 0.391 e. The number of hydrogen-bond acceptors (Lipinski definition) is 3. The van der Waals surface area contributed by atoms with Crippen molar-refractivity contribution in [3.05, 3.63) is 11.6 Å². The summed E-state index contributed by atoms with van der Waals surface area (Å²) >= 11 is 0. The van der Waals surface area contributed by atoms with Crippen LogP contribution < -0.4 is 10.6 Å². The predicted octanol–water partition coefficient (Wildman–Crippen LogP) is 2.83. The van der Waals surface area contributed by atoms with Crippen LogP contribution in [0.25, 0.3) is 0 Å². The zero-order valence-electron chi connectivity index (χ0n) is 16.0. The second-order valence-corrected chi connectivity index (χ2v) is 7.64. The van der Waals surface area contributed by atoms with Gasteiger partial charge in [0.25, 0.3) is 0 Å². The van der Waals surface area contributed by atoms with Crippen LogP contribution in [-0.2, 0) is 13.0 Å². The van der Waals surface area contributed by atoms with E-state index in [4.69, 9.17) is 0 Å². The number of guanidine groups is 1. The molecular formula is C18H29F3N6. The Labute approximate surface area is 158 Å². The van der Waals surface area contributed by atoms with Crippen molar-refractivity contribution in [3.8, 4) is 0 Å². The number of fused-ring (bicyclic) bond motifs is 1. The average Bonchev–Trinajstić information content (AvgIpc) is 3.00. The molecule has 0 amide bonds. The zero-order valence-corrected chi connectivity index (χ0v) is 16.0. The molecule has 1 aliphatic carbocycles. The Balaban J connectivity index is 1.58. The first-order chi connectivity index (χ1) is 12.9. The maximum atomic E-state index is 13.0. The van der Waals surface area contributed by atoms with Crippen molar-refractivity contribution in [2.45, 2.75) is 71.1 Å². The zero-order chi connectivity index (χ0) is 19.4. The molecule has 0 bridgehead atoms. The molecule has 152 valence electrons. The summed E-state index contributed by atoms with van der Waals surface area (Å²) in [6.07, 6.45) is -0.504. The lowest BCUT2D eigenvalue weighted by Crippen LogP contribution is -2.47. The fourth-order valence-corrected chi connectivity index (χ4v) is 4.03. The molecule has 1 aliphatic heterocycles. The van der Waals surface area contributed by atoms with Gasteiger partial charge in [0.05, 0.1) is 5.92 Å². The molecule has 1 aromatic rings. The molecule has 2 heterocycles. The molecule has 0 aromatic carbocycles. The van der Waals surface area contributed by atoms with E-state index in [9.17, 15) is 13.2 Å². The summed E-state index contributed by atoms with van der Waals surface area (Å²) in [6, 6.07) is -0.179. The van der Waals surface area contributed by atoms with Crippen LogP contribution in [-0.4, -0.2) is 46.0 Å². The van der Waals surface area contributed by atoms with Gasteiger partial charge in [0.15, 0.2) is 5.96 Å². The first-order valence-electron chi connectivity index (χ1n) is 9.87. The summed E-state index contributed by atoms with van der Waals surface area (Å²) in [5.74, 6) is 1.75. The molecule has 3 atom stereocenters. The summed E-state index contributed by atoms with van der Waals surface area (Å²) in [4.78, 5) is 4.66. The third-order valence-corrected chi connectivity index (χ3v) is 5.56. The van der Waals surface area contributed by atoms with Gasteiger partial charge >= 0.3 is 6.18 Å². The van der Waals surface area contributed by atoms with E-state index in [0.29, 0.717) is 31.4 Å². The summed E-state index contributed by atoms with van der Waals surface area (Å²) < 4.78 is 41.2. The van der Waals surface area contributed by atoms with E-state index in [1.807, 2.05) is 13.8 Å². The Morgan fingerprint density at radius 1 is 1.26 bits per heavy atom. The van der Waals surface area contributed by atoms with Crippen LogP contribution in [0.3, 0.4) is 0 Å². The Kier molecular flexibility index (Phi) is 6.26. The van der Waals surface area contributed by atoms with E-state index < -0.39 is 12.1 Å². The molecule has 3 rings (SSSR count). The molecule has 0 radical (unpaired) electrons. The highest BCUT2D eigenvalue weighted by Crippen LogP contribution is 2.37. The predicted molar refractivity (Wildman–Crippen MR) is 97.5 cm³/mol. The highest BCUT2D eigenvalue weighted by Gasteiger charge is 2.42. The van der Waals surface area contributed by atoms with Gasteiger partial charge in [-0.25, -0.2) is 0 Å². The van der Waals surface area contributed by atoms with Crippen LogP contribution in [0.2, 0.25) is 0 Å². The fourth-order valence-electron chi connectivity index (χ4n) is 4.03. The molecule has 0 saturated heterocycles. The van der Waals surface area contributed by atoms with E-state index in [1.54, 1.807) is 0 Å². The molecule has 9 heteroatoms. The lowest BCUT2D eigenvalue weighted by Gasteiger charge is -2.32. The largest absolute Gasteiger partial charge is 0.391 e. The molecule has 27 heavy (non-hydrogen) atoms. The number of aryl methyl sites for hydroxylation is 2. The van der Waals surface area contributed by atoms with Gasteiger partial charge < -0.3 is 15.2 Å². The Hall–Kier alpha value is -1.80. The van der Waals surface area contributed by atoms with Crippen molar-refractivity contribution in [2.24, 2.45) is 16.8 Å². The van der Waals surface area contributed by atoms with Gasteiger partial charge in [0.1, 0.15) is 11.6 Å². The summed E-state index contributed by atoms with van der Waals surface area (Å²) in [7, 11) is 0. The van der Waals surface area contributed by atoms with E-state index in [1.165, 1.54) is 0 Å². The average molecular weight is 386 g/mol. The van der Waals surface area contributed by atoms with Crippen molar-refractivity contribution in [1.82, 2.24) is 25.4 Å². The SMILES string of the molecule is CCNC(=NCC1CCc2nnc(C)n2C1)NC1CCCC(C(F)(F)F)C1. The van der Waals surface area contributed by atoms with Gasteiger partial charge in [-0.15, -0.1) is 10.2 Å². The van der Waals surface area contributed by atoms with E-state index in [0.717, 1.165) is 37.5 Å². The number of aliphatic imine (C=N–C) groups is 1. The van der Waals surface area contributed by atoms with Crippen molar-refractivity contribution >= 4 is 5.96 Å². The molecule has 0 spiro atoms. The van der Waals surface area contributed by atoms with Gasteiger partial charge in [-0.3, -0.25) is 4.99 Å². The van der Waals surface area contributed by atoms with Crippen LogP contribution in [0.4, 0.5) is 13.2 Å². The number of rotatable bonds is 4. The quantitative estimate of drug-likeness (QED) is 0.617. The smallest absolute Gasteiger partial charge is 0.357 e. The summed E-state index contributed by atoms with van der Waals surface area (Å²) in [6.45, 7) is 6.08. The van der Waals surface area contributed by atoms with Gasteiger partial charge in [0, 0.05) is 32.1 Å². The van der Waals surface area contributed by atoms with Crippen LogP contribution >= 0.6 is 0 Å². The number of aromatic nitrogens is 3. The minimum atomic E-state index is -4.10. The standard InChI is InChI=1S/C18H29F3N6/c1-3-22-17(24-15-6-4-5-14(9-15)18(19,20)21)23-10-13-7-8-16-26-25-12(2)27(16)11-13/h13-15H,3-11H2,1-2H3,(H2,22,23,24). The first-order valence-corrected chi connectivity index (χ1v) is 9.87. The van der Waals surface area contributed by atoms with Crippen LogP contribution in [0.15, 0.2) is 4.99 Å². The maximum absolute atomic E-state index is 13.0. The third-order valence-electron chi connectivity index (χ3n) is 5.56. The molecule has 6 nitrogen and oxygen atoms in total. The van der Waals surface area contributed by atoms with Crippen molar-refractivity contribution < 1.29 is 13.2 Å². The Morgan fingerprint density at radius 2 is 2.07 bits per heavy atom. The topological polar surface area (TPSA) is 67.1 Å². The van der Waals surface area contributed by atoms with Crippen molar-refractivity contribution in [3.63, 3.8) is 0 Å². The molecule has 1 saturated carbocycles. The summed E-state index contributed by atoms with van der Waals surface area (Å²) in [5.41, 5.74) is 0. The molecule has 3 unspecified atom stereocenters. The van der Waals surface area contributed by atoms with E-state index >= 15 is 0 Å². The molecule has 2 aliphatic rings. The number of alkyl halides is 3. The number of nitrogens with one attached hydrogen (secondary N) is 2. The number of halogens is 3. The fraction of sp³-hybridized carbons (Fsp3) is 0.833. The molecular weight excluding hydrogens is 357 g/mol. The van der Waals surface area contributed by atoms with Crippen molar-refractivity contribution in [2.75, 3.05) is 13.1 Å². The van der Waals surface area contributed by atoms with Crippen LogP contribution in [0, 0.1) is 18.8 Å². The lowest BCUT2D eigenvalue weighted by molar-refractivity contribution is -0.183. The second kappa shape index (κ2) is 8.48. The highest BCUT2D eigenvalue weighted by atomic mass is 19.4. The molecule has 1 fully saturated rings. The Bertz CT molecular complexity index is 654. The lowest BCUT2D eigenvalue weighted by atomic mass is 9.85. The van der Waals surface area contributed by atoms with Crippen molar-refractivity contribution in [1.29, 1.82) is 0 Å². The van der Waals surface area contributed by atoms with Gasteiger partial charge in [-0.05, 0) is 45.4 Å². The summed E-state index contributed by atoms with van der Waals surface area (Å²) in [5, 5.41) is 14.7. The minimum Gasteiger partial charge on any atom is -0.357 e. The number of nitrogens with zero attached hydrogens (tertiary/aromatic N) is 4. The van der Waals surface area contributed by atoms with E-state index in [2.05, 4.69) is 30.4 Å².